The second kappa shape index (κ2) is 42.0. The highest BCUT2D eigenvalue weighted by Crippen LogP contribution is 2.14. The summed E-state index contributed by atoms with van der Waals surface area (Å²) >= 11 is 0. The molecular weight excluding hydrogens is 739 g/mol. The van der Waals surface area contributed by atoms with Crippen LogP contribution in [-0.2, 0) is 28.6 Å². The highest BCUT2D eigenvalue weighted by molar-refractivity contribution is 5.70. The summed E-state index contributed by atoms with van der Waals surface area (Å²) in [5.41, 5.74) is 0. The number of rotatable bonds is 43. The van der Waals surface area contributed by atoms with Crippen molar-refractivity contribution in [3.05, 3.63) is 48.6 Å². The third-order valence-corrected chi connectivity index (χ3v) is 10.7. The fraction of sp³-hybridized carbons (Fsp3) is 0.784. The molecule has 0 aromatic carbocycles. The highest BCUT2D eigenvalue weighted by atomic mass is 16.6. The molecule has 0 aliphatic heterocycles. The minimum atomic E-state index is -1.13. The Bertz CT molecular complexity index is 1110. The third-order valence-electron chi connectivity index (χ3n) is 10.7. The Morgan fingerprint density at radius 1 is 0.508 bits per heavy atom. The van der Waals surface area contributed by atoms with Crippen LogP contribution < -0.4 is 5.11 Å². The van der Waals surface area contributed by atoms with Crippen molar-refractivity contribution >= 4 is 17.9 Å². The molecule has 0 bridgehead atoms. The van der Waals surface area contributed by atoms with Crippen molar-refractivity contribution in [2.45, 2.75) is 219 Å². The summed E-state index contributed by atoms with van der Waals surface area (Å²) in [4.78, 5) is 36.9. The van der Waals surface area contributed by atoms with Crippen molar-refractivity contribution in [1.82, 2.24) is 0 Å². The molecule has 0 N–H and O–H groups in total. The van der Waals surface area contributed by atoms with Crippen LogP contribution in [0.5, 0.6) is 0 Å². The molecule has 0 amide bonds. The molecular formula is C51H91NO7. The number of ether oxygens (including phenoxy) is 3. The number of hydrogen-bond donors (Lipinski definition) is 0. The lowest BCUT2D eigenvalue weighted by atomic mass is 10.1. The van der Waals surface area contributed by atoms with Gasteiger partial charge in [0.2, 0.25) is 0 Å². The fourth-order valence-electron chi connectivity index (χ4n) is 6.95. The zero-order valence-corrected chi connectivity index (χ0v) is 38.9. The van der Waals surface area contributed by atoms with E-state index < -0.39 is 18.1 Å². The van der Waals surface area contributed by atoms with Gasteiger partial charge in [-0.15, -0.1) is 0 Å². The average Bonchev–Trinajstić information content (AvgIpc) is 3.19. The molecule has 0 spiro atoms. The lowest BCUT2D eigenvalue weighted by molar-refractivity contribution is -0.889. The van der Waals surface area contributed by atoms with Gasteiger partial charge in [-0.05, 0) is 64.2 Å². The standard InChI is InChI=1S/C51H91NO7/c1-6-8-10-12-14-16-18-20-22-24-26-28-30-32-34-36-38-40-42-50(54)59-47(45-57-44-43-48(51(55)56)52(3,4)5)46-58-49(53)41-39-37-35-33-31-29-27-25-23-21-19-17-15-13-11-9-7-2/h18,20-24,26,28,47-48H,6-17,19,25,27,29-46H2,1-5H3/b20-18+,23-21+,24-22+,28-26+. The number of carbonyl (C=O) groups is 3. The number of allylic oxidation sites excluding steroid dienone is 8. The van der Waals surface area contributed by atoms with Gasteiger partial charge in [0, 0.05) is 19.3 Å². The van der Waals surface area contributed by atoms with Gasteiger partial charge < -0.3 is 28.6 Å². The first-order valence-electron chi connectivity index (χ1n) is 24.2. The van der Waals surface area contributed by atoms with Gasteiger partial charge in [0.05, 0.1) is 40.3 Å². The first-order valence-corrected chi connectivity index (χ1v) is 24.2. The second-order valence-corrected chi connectivity index (χ2v) is 17.4. The molecule has 0 aliphatic rings. The van der Waals surface area contributed by atoms with Crippen molar-refractivity contribution < 1.29 is 38.2 Å². The molecule has 342 valence electrons. The first-order chi connectivity index (χ1) is 28.6. The number of likely N-dealkylation sites (N-methyl/N-ethyl adjacent to an activating group) is 1. The van der Waals surface area contributed by atoms with E-state index in [9.17, 15) is 19.5 Å². The average molecular weight is 830 g/mol. The molecule has 2 atom stereocenters. The summed E-state index contributed by atoms with van der Waals surface area (Å²) in [6.45, 7) is 4.63. The van der Waals surface area contributed by atoms with Crippen LogP contribution in [-0.4, -0.2) is 75.5 Å². The number of carboxylic acids is 1. The molecule has 0 radical (unpaired) electrons. The molecule has 8 nitrogen and oxygen atoms in total. The summed E-state index contributed by atoms with van der Waals surface area (Å²) in [5.74, 6) is -1.76. The molecule has 0 rings (SSSR count). The maximum absolute atomic E-state index is 12.7. The summed E-state index contributed by atoms with van der Waals surface area (Å²) in [7, 11) is 5.40. The van der Waals surface area contributed by atoms with Gasteiger partial charge in [0.1, 0.15) is 12.6 Å². The zero-order chi connectivity index (χ0) is 43.5. The molecule has 0 aromatic heterocycles. The molecule has 0 heterocycles. The van der Waals surface area contributed by atoms with Crippen LogP contribution in [0, 0.1) is 0 Å². The number of nitrogens with zero attached hydrogens (tertiary/aromatic N) is 1. The summed E-state index contributed by atoms with van der Waals surface area (Å²) in [6.07, 6.45) is 49.9. The predicted molar refractivity (Wildman–Crippen MR) is 245 cm³/mol. The topological polar surface area (TPSA) is 102 Å². The number of unbranched alkanes of at least 4 members (excludes halogenated alkanes) is 23. The van der Waals surface area contributed by atoms with E-state index in [4.69, 9.17) is 14.2 Å². The Morgan fingerprint density at radius 3 is 1.36 bits per heavy atom. The Labute approximate surface area is 363 Å². The molecule has 8 heteroatoms. The Morgan fingerprint density at radius 2 is 0.915 bits per heavy atom. The lowest BCUT2D eigenvalue weighted by Crippen LogP contribution is -2.55. The fourth-order valence-corrected chi connectivity index (χ4v) is 6.95. The Kier molecular flexibility index (Phi) is 40.1. The number of carboxylic acid groups (broad SMARTS) is 1. The van der Waals surface area contributed by atoms with Crippen LogP contribution in [0.25, 0.3) is 0 Å². The molecule has 0 aliphatic carbocycles. The number of hydrogen-bond acceptors (Lipinski definition) is 7. The predicted octanol–water partition coefficient (Wildman–Crippen LogP) is 12.3. The molecule has 2 unspecified atom stereocenters. The van der Waals surface area contributed by atoms with E-state index in [0.717, 1.165) is 64.2 Å². The highest BCUT2D eigenvalue weighted by Gasteiger charge is 2.25. The summed E-state index contributed by atoms with van der Waals surface area (Å²) in [6, 6.07) is -0.731. The SMILES string of the molecule is CCCCCCC/C=C/C=C/C=C/CCCCCCCC(=O)OC(COCCC(C(=O)[O-])[N+](C)(C)C)COC(=O)CCCCCCCCC/C=C/CCCCCCCC. The van der Waals surface area contributed by atoms with Gasteiger partial charge in [-0.3, -0.25) is 9.59 Å². The molecule has 59 heavy (non-hydrogen) atoms. The van der Waals surface area contributed by atoms with E-state index >= 15 is 0 Å². The van der Waals surface area contributed by atoms with Crippen LogP contribution in [0.3, 0.4) is 0 Å². The van der Waals surface area contributed by atoms with E-state index in [1.165, 1.54) is 109 Å². The van der Waals surface area contributed by atoms with Gasteiger partial charge >= 0.3 is 11.9 Å². The maximum Gasteiger partial charge on any atom is 0.306 e. The molecule has 0 aromatic rings. The van der Waals surface area contributed by atoms with E-state index in [-0.39, 0.29) is 42.7 Å². The van der Waals surface area contributed by atoms with Crippen molar-refractivity contribution in [2.75, 3.05) is 41.0 Å². The first kappa shape index (κ1) is 56.3. The van der Waals surface area contributed by atoms with Gasteiger partial charge in [0.25, 0.3) is 0 Å². The number of carbonyl (C=O) groups excluding carboxylic acids is 3. The van der Waals surface area contributed by atoms with Crippen LogP contribution in [0.2, 0.25) is 0 Å². The van der Waals surface area contributed by atoms with Gasteiger partial charge in [-0.1, -0.05) is 172 Å². The van der Waals surface area contributed by atoms with E-state index in [0.29, 0.717) is 12.8 Å². The van der Waals surface area contributed by atoms with Crippen LogP contribution in [0.1, 0.15) is 206 Å². The van der Waals surface area contributed by atoms with Gasteiger partial charge in [-0.25, -0.2) is 0 Å². The quantitative estimate of drug-likeness (QED) is 0.0198. The largest absolute Gasteiger partial charge is 0.544 e. The van der Waals surface area contributed by atoms with Crippen molar-refractivity contribution in [2.24, 2.45) is 0 Å². The minimum Gasteiger partial charge on any atom is -0.544 e. The zero-order valence-electron chi connectivity index (χ0n) is 38.9. The summed E-state index contributed by atoms with van der Waals surface area (Å²) in [5, 5.41) is 11.6. The summed E-state index contributed by atoms with van der Waals surface area (Å²) < 4.78 is 17.2. The normalized spacial score (nSPS) is 13.3. The van der Waals surface area contributed by atoms with Crippen molar-refractivity contribution in [1.29, 1.82) is 0 Å². The number of esters is 2. The van der Waals surface area contributed by atoms with Crippen LogP contribution in [0.15, 0.2) is 48.6 Å². The smallest absolute Gasteiger partial charge is 0.306 e. The molecule has 0 saturated carbocycles. The molecule has 0 fully saturated rings. The third kappa shape index (κ3) is 40.5. The van der Waals surface area contributed by atoms with E-state index in [1.807, 2.05) is 0 Å². The number of quaternary nitrogens is 1. The van der Waals surface area contributed by atoms with Gasteiger partial charge in [0.15, 0.2) is 6.10 Å². The lowest BCUT2D eigenvalue weighted by Gasteiger charge is -2.34. The van der Waals surface area contributed by atoms with E-state index in [2.05, 4.69) is 62.5 Å². The molecule has 0 saturated heterocycles. The Balaban J connectivity index is 4.35. The van der Waals surface area contributed by atoms with E-state index in [1.54, 1.807) is 21.1 Å². The van der Waals surface area contributed by atoms with Crippen LogP contribution >= 0.6 is 0 Å². The van der Waals surface area contributed by atoms with Gasteiger partial charge in [-0.2, -0.15) is 0 Å². The minimum absolute atomic E-state index is 0.0307. The van der Waals surface area contributed by atoms with Crippen molar-refractivity contribution in [3.8, 4) is 0 Å². The second-order valence-electron chi connectivity index (χ2n) is 17.4. The maximum atomic E-state index is 12.7. The van der Waals surface area contributed by atoms with Crippen molar-refractivity contribution in [3.63, 3.8) is 0 Å². The van der Waals surface area contributed by atoms with Crippen LogP contribution in [0.4, 0.5) is 0 Å². The monoisotopic (exact) mass is 830 g/mol. The Hall–Kier alpha value is -2.71. The number of aliphatic carboxylic acids is 1.